The zero-order chi connectivity index (χ0) is 18.6. The first-order valence-corrected chi connectivity index (χ1v) is 10.1. The second kappa shape index (κ2) is 8.02. The molecule has 0 bridgehead atoms. The van der Waals surface area contributed by atoms with Gasteiger partial charge >= 0.3 is 0 Å². The lowest BCUT2D eigenvalue weighted by atomic mass is 10.1. The molecule has 0 saturated carbocycles. The van der Waals surface area contributed by atoms with Crippen molar-refractivity contribution in [1.29, 1.82) is 0 Å². The Morgan fingerprint density at radius 3 is 2.67 bits per heavy atom. The molecule has 27 heavy (non-hydrogen) atoms. The summed E-state index contributed by atoms with van der Waals surface area (Å²) in [5.74, 6) is 0.436. The van der Waals surface area contributed by atoms with E-state index in [-0.39, 0.29) is 0 Å². The predicted molar refractivity (Wildman–Crippen MR) is 105 cm³/mol. The number of hydrogen-bond acceptors (Lipinski definition) is 6. The molecule has 1 aliphatic heterocycles. The molecule has 1 amide bonds. The number of nitrogens with two attached hydrogens (primary N) is 1. The highest BCUT2D eigenvalue weighted by atomic mass is 32.1. The fourth-order valence-electron chi connectivity index (χ4n) is 3.42. The first-order chi connectivity index (χ1) is 13.2. The van der Waals surface area contributed by atoms with Crippen molar-refractivity contribution in [3.05, 3.63) is 46.8 Å². The van der Waals surface area contributed by atoms with E-state index in [4.69, 9.17) is 10.2 Å². The molecule has 0 radical (unpaired) electrons. The summed E-state index contributed by atoms with van der Waals surface area (Å²) in [6, 6.07) is 9.07. The number of hydrogen-bond donors (Lipinski definition) is 1. The van der Waals surface area contributed by atoms with Crippen molar-refractivity contribution in [2.45, 2.75) is 32.2 Å². The lowest BCUT2D eigenvalue weighted by molar-refractivity contribution is 0.100. The van der Waals surface area contributed by atoms with E-state index in [1.165, 1.54) is 31.2 Å². The van der Waals surface area contributed by atoms with Gasteiger partial charge < -0.3 is 10.2 Å². The molecule has 0 atom stereocenters. The van der Waals surface area contributed by atoms with Crippen LogP contribution in [0.25, 0.3) is 22.2 Å². The first kappa shape index (κ1) is 17.9. The van der Waals surface area contributed by atoms with Crippen LogP contribution in [0.2, 0.25) is 0 Å². The van der Waals surface area contributed by atoms with Gasteiger partial charge in [-0.15, -0.1) is 21.5 Å². The van der Waals surface area contributed by atoms with Gasteiger partial charge in [-0.1, -0.05) is 18.9 Å². The summed E-state index contributed by atoms with van der Waals surface area (Å²) in [5.41, 5.74) is 7.69. The molecule has 0 spiro atoms. The quantitative estimate of drug-likeness (QED) is 0.722. The summed E-state index contributed by atoms with van der Waals surface area (Å²) >= 11 is 1.62. The second-order valence-corrected chi connectivity index (χ2v) is 7.74. The SMILES string of the molecule is NC(=O)c1cccc(-c2nnc(-c3sccc3CN3CCCCCC3)o2)c1. The first-order valence-electron chi connectivity index (χ1n) is 9.23. The number of amides is 1. The molecule has 2 aromatic heterocycles. The standard InChI is InChI=1S/C20H22N4O2S/c21-18(25)14-6-5-7-15(12-14)19-22-23-20(26-19)17-16(8-11-27-17)13-24-9-3-1-2-4-10-24/h5-8,11-12H,1-4,9-10,13H2,(H2,21,25). The molecule has 3 aromatic rings. The maximum atomic E-state index is 11.4. The van der Waals surface area contributed by atoms with E-state index in [0.717, 1.165) is 24.5 Å². The highest BCUT2D eigenvalue weighted by molar-refractivity contribution is 7.13. The topological polar surface area (TPSA) is 85.2 Å². The third kappa shape index (κ3) is 4.09. The molecular weight excluding hydrogens is 360 g/mol. The summed E-state index contributed by atoms with van der Waals surface area (Å²) in [4.78, 5) is 14.9. The van der Waals surface area contributed by atoms with Crippen LogP contribution in [-0.2, 0) is 6.54 Å². The Morgan fingerprint density at radius 1 is 1.11 bits per heavy atom. The number of aromatic nitrogens is 2. The molecule has 1 fully saturated rings. The molecule has 0 aliphatic carbocycles. The van der Waals surface area contributed by atoms with E-state index < -0.39 is 5.91 Å². The van der Waals surface area contributed by atoms with Gasteiger partial charge in [-0.3, -0.25) is 9.69 Å². The normalized spacial score (nSPS) is 15.6. The molecule has 0 unspecified atom stereocenters. The fourth-order valence-corrected chi connectivity index (χ4v) is 4.26. The lowest BCUT2D eigenvalue weighted by Crippen LogP contribution is -2.23. The minimum Gasteiger partial charge on any atom is -0.415 e. The third-order valence-electron chi connectivity index (χ3n) is 4.85. The van der Waals surface area contributed by atoms with Crippen LogP contribution in [0.4, 0.5) is 0 Å². The van der Waals surface area contributed by atoms with E-state index in [1.54, 1.807) is 29.5 Å². The molecule has 1 aromatic carbocycles. The smallest absolute Gasteiger partial charge is 0.258 e. The van der Waals surface area contributed by atoms with Crippen molar-refractivity contribution < 1.29 is 9.21 Å². The van der Waals surface area contributed by atoms with Gasteiger partial charge in [0.2, 0.25) is 11.8 Å². The second-order valence-electron chi connectivity index (χ2n) is 6.82. The number of primary amides is 1. The van der Waals surface area contributed by atoms with E-state index >= 15 is 0 Å². The van der Waals surface area contributed by atoms with Crippen molar-refractivity contribution in [2.24, 2.45) is 5.73 Å². The van der Waals surface area contributed by atoms with Crippen molar-refractivity contribution in [1.82, 2.24) is 15.1 Å². The van der Waals surface area contributed by atoms with Crippen molar-refractivity contribution >= 4 is 17.2 Å². The van der Waals surface area contributed by atoms with E-state index in [1.807, 2.05) is 6.07 Å². The summed E-state index contributed by atoms with van der Waals surface area (Å²) in [6.45, 7) is 3.20. The van der Waals surface area contributed by atoms with Gasteiger partial charge in [0.1, 0.15) is 0 Å². The van der Waals surface area contributed by atoms with Crippen LogP contribution in [-0.4, -0.2) is 34.1 Å². The molecular formula is C20H22N4O2S. The number of carbonyl (C=O) groups is 1. The van der Waals surface area contributed by atoms with Crippen molar-refractivity contribution in [2.75, 3.05) is 13.1 Å². The molecule has 140 valence electrons. The number of carbonyl (C=O) groups excluding carboxylic acids is 1. The molecule has 1 aliphatic rings. The molecule has 2 N–H and O–H groups in total. The summed E-state index contributed by atoms with van der Waals surface area (Å²) in [7, 11) is 0. The number of benzene rings is 1. The Kier molecular flexibility index (Phi) is 5.31. The average molecular weight is 382 g/mol. The number of likely N-dealkylation sites (tertiary alicyclic amines) is 1. The average Bonchev–Trinajstić information content (AvgIpc) is 3.26. The zero-order valence-electron chi connectivity index (χ0n) is 15.1. The Balaban J connectivity index is 1.56. The molecule has 4 rings (SSSR count). The van der Waals surface area contributed by atoms with Gasteiger partial charge in [0, 0.05) is 17.7 Å². The van der Waals surface area contributed by atoms with E-state index in [9.17, 15) is 4.79 Å². The fraction of sp³-hybridized carbons (Fsp3) is 0.350. The maximum absolute atomic E-state index is 11.4. The van der Waals surface area contributed by atoms with Crippen LogP contribution in [0.3, 0.4) is 0 Å². The molecule has 3 heterocycles. The summed E-state index contributed by atoms with van der Waals surface area (Å²) in [6.07, 6.45) is 5.18. The number of nitrogens with zero attached hydrogens (tertiary/aromatic N) is 3. The van der Waals surface area contributed by atoms with Crippen LogP contribution in [0.1, 0.15) is 41.6 Å². The number of thiophene rings is 1. The van der Waals surface area contributed by atoms with Crippen LogP contribution in [0, 0.1) is 0 Å². The lowest BCUT2D eigenvalue weighted by Gasteiger charge is -2.19. The third-order valence-corrected chi connectivity index (χ3v) is 5.80. The Bertz CT molecular complexity index is 925. The Labute approximate surface area is 162 Å². The van der Waals surface area contributed by atoms with Crippen LogP contribution in [0.5, 0.6) is 0 Å². The minimum atomic E-state index is -0.477. The largest absolute Gasteiger partial charge is 0.415 e. The number of rotatable bonds is 5. The van der Waals surface area contributed by atoms with Gasteiger partial charge in [-0.25, -0.2) is 0 Å². The maximum Gasteiger partial charge on any atom is 0.258 e. The van der Waals surface area contributed by atoms with Gasteiger partial charge in [-0.05, 0) is 61.1 Å². The van der Waals surface area contributed by atoms with Gasteiger partial charge in [0.25, 0.3) is 5.89 Å². The summed E-state index contributed by atoms with van der Waals surface area (Å²) in [5, 5.41) is 10.5. The van der Waals surface area contributed by atoms with Gasteiger partial charge in [0.05, 0.1) is 4.88 Å². The summed E-state index contributed by atoms with van der Waals surface area (Å²) < 4.78 is 5.92. The van der Waals surface area contributed by atoms with Crippen molar-refractivity contribution in [3.63, 3.8) is 0 Å². The highest BCUT2D eigenvalue weighted by Crippen LogP contribution is 2.32. The van der Waals surface area contributed by atoms with Gasteiger partial charge in [0.15, 0.2) is 0 Å². The Hall–Kier alpha value is -2.51. The molecule has 6 nitrogen and oxygen atoms in total. The Morgan fingerprint density at radius 2 is 1.89 bits per heavy atom. The van der Waals surface area contributed by atoms with Crippen LogP contribution >= 0.6 is 11.3 Å². The minimum absolute atomic E-state index is 0.391. The van der Waals surface area contributed by atoms with Crippen LogP contribution < -0.4 is 5.73 Å². The van der Waals surface area contributed by atoms with E-state index in [2.05, 4.69) is 26.5 Å². The zero-order valence-corrected chi connectivity index (χ0v) is 15.9. The van der Waals surface area contributed by atoms with E-state index in [0.29, 0.717) is 22.9 Å². The predicted octanol–water partition coefficient (Wildman–Crippen LogP) is 3.94. The van der Waals surface area contributed by atoms with Gasteiger partial charge in [-0.2, -0.15) is 0 Å². The highest BCUT2D eigenvalue weighted by Gasteiger charge is 2.18. The molecule has 7 heteroatoms. The van der Waals surface area contributed by atoms with Crippen molar-refractivity contribution in [3.8, 4) is 22.2 Å². The molecule has 1 saturated heterocycles. The van der Waals surface area contributed by atoms with Crippen LogP contribution in [0.15, 0.2) is 40.1 Å². The monoisotopic (exact) mass is 382 g/mol.